The highest BCUT2D eigenvalue weighted by molar-refractivity contribution is 6.44. The monoisotopic (exact) mass is 309 g/mol. The lowest BCUT2D eigenvalue weighted by atomic mass is 10.1. The van der Waals surface area contributed by atoms with Crippen molar-refractivity contribution < 1.29 is 9.53 Å². The number of nitrogen functional groups attached to an aromatic ring is 1. The number of carbonyl (C=O) groups excluding carboxylic acids is 1. The Labute approximate surface area is 127 Å². The summed E-state index contributed by atoms with van der Waals surface area (Å²) in [7, 11) is 0. The molecule has 2 rings (SSSR count). The topological polar surface area (TPSA) is 52.3 Å². The van der Waals surface area contributed by atoms with E-state index in [1.54, 1.807) is 0 Å². The van der Waals surface area contributed by atoms with Gasteiger partial charge in [-0.25, -0.2) is 4.79 Å². The molecule has 0 spiro atoms. The Balaban J connectivity index is 2.13. The molecule has 0 amide bonds. The van der Waals surface area contributed by atoms with Crippen molar-refractivity contribution in [3.8, 4) is 0 Å². The van der Waals surface area contributed by atoms with Gasteiger partial charge in [-0.1, -0.05) is 53.0 Å². The lowest BCUT2D eigenvalue weighted by Gasteiger charge is -2.08. The van der Waals surface area contributed by atoms with E-state index in [1.807, 2.05) is 31.2 Å². The van der Waals surface area contributed by atoms with Crippen LogP contribution in [0.1, 0.15) is 21.5 Å². The van der Waals surface area contributed by atoms with Crippen LogP contribution in [-0.2, 0) is 11.3 Å². The molecule has 2 aromatic rings. The Bertz CT molecular complexity index is 656. The fourth-order valence-corrected chi connectivity index (χ4v) is 2.20. The van der Waals surface area contributed by atoms with Gasteiger partial charge in [-0.15, -0.1) is 0 Å². The van der Waals surface area contributed by atoms with Crippen LogP contribution in [0.25, 0.3) is 0 Å². The Kier molecular flexibility index (Phi) is 4.53. The van der Waals surface area contributed by atoms with Gasteiger partial charge in [0, 0.05) is 5.69 Å². The van der Waals surface area contributed by atoms with Crippen molar-refractivity contribution in [1.29, 1.82) is 0 Å². The molecule has 0 saturated heterocycles. The zero-order valence-electron chi connectivity index (χ0n) is 10.8. The molecule has 20 heavy (non-hydrogen) atoms. The maximum absolute atomic E-state index is 12.0. The molecule has 104 valence electrons. The number of carbonyl (C=O) groups is 1. The third-order valence-corrected chi connectivity index (χ3v) is 3.52. The van der Waals surface area contributed by atoms with Gasteiger partial charge in [0.05, 0.1) is 15.6 Å². The minimum Gasteiger partial charge on any atom is -0.457 e. The number of aryl methyl sites for hydroxylation is 1. The minimum atomic E-state index is -0.550. The van der Waals surface area contributed by atoms with Crippen molar-refractivity contribution in [2.45, 2.75) is 13.5 Å². The maximum atomic E-state index is 12.0. The summed E-state index contributed by atoms with van der Waals surface area (Å²) in [6.07, 6.45) is 0. The summed E-state index contributed by atoms with van der Waals surface area (Å²) in [5.74, 6) is -0.550. The number of esters is 1. The van der Waals surface area contributed by atoms with E-state index < -0.39 is 5.97 Å². The predicted octanol–water partition coefficient (Wildman–Crippen LogP) is 4.24. The maximum Gasteiger partial charge on any atom is 0.340 e. The average Bonchev–Trinajstić information content (AvgIpc) is 2.40. The van der Waals surface area contributed by atoms with Crippen molar-refractivity contribution in [2.24, 2.45) is 0 Å². The van der Waals surface area contributed by atoms with Gasteiger partial charge in [-0.3, -0.25) is 0 Å². The molecule has 0 radical (unpaired) electrons. The van der Waals surface area contributed by atoms with Crippen molar-refractivity contribution in [2.75, 3.05) is 5.73 Å². The fraction of sp³-hybridized carbons (Fsp3) is 0.133. The van der Waals surface area contributed by atoms with Crippen molar-refractivity contribution in [3.63, 3.8) is 0 Å². The first kappa shape index (κ1) is 14.7. The number of nitrogens with two attached hydrogens (primary N) is 1. The Morgan fingerprint density at radius 2 is 2.00 bits per heavy atom. The molecule has 0 heterocycles. The summed E-state index contributed by atoms with van der Waals surface area (Å²) in [6, 6.07) is 10.6. The van der Waals surface area contributed by atoms with Crippen LogP contribution in [0.5, 0.6) is 0 Å². The van der Waals surface area contributed by atoms with Crippen LogP contribution in [0, 0.1) is 6.92 Å². The highest BCUT2D eigenvalue weighted by Crippen LogP contribution is 2.29. The van der Waals surface area contributed by atoms with Crippen LogP contribution in [0.3, 0.4) is 0 Å². The van der Waals surface area contributed by atoms with Crippen LogP contribution >= 0.6 is 23.2 Å². The zero-order chi connectivity index (χ0) is 14.7. The first-order chi connectivity index (χ1) is 9.47. The van der Waals surface area contributed by atoms with Gasteiger partial charge in [0.2, 0.25) is 0 Å². The molecule has 2 aromatic carbocycles. The molecular formula is C15H13Cl2NO2. The molecule has 3 nitrogen and oxygen atoms in total. The third-order valence-electron chi connectivity index (χ3n) is 2.72. The number of hydrogen-bond donors (Lipinski definition) is 1. The van der Waals surface area contributed by atoms with Crippen molar-refractivity contribution in [1.82, 2.24) is 0 Å². The van der Waals surface area contributed by atoms with Crippen LogP contribution in [-0.4, -0.2) is 5.97 Å². The second-order valence-electron chi connectivity index (χ2n) is 4.43. The number of anilines is 1. The van der Waals surface area contributed by atoms with Gasteiger partial charge in [0.25, 0.3) is 0 Å². The van der Waals surface area contributed by atoms with E-state index in [9.17, 15) is 4.79 Å². The number of halogens is 2. The number of ether oxygens (including phenoxy) is 1. The molecule has 2 N–H and O–H groups in total. The highest BCUT2D eigenvalue weighted by Gasteiger charge is 2.15. The molecule has 0 aliphatic heterocycles. The lowest BCUT2D eigenvalue weighted by Crippen LogP contribution is -2.07. The largest absolute Gasteiger partial charge is 0.457 e. The second-order valence-corrected chi connectivity index (χ2v) is 5.21. The molecule has 0 aliphatic rings. The first-order valence-corrected chi connectivity index (χ1v) is 6.70. The van der Waals surface area contributed by atoms with E-state index in [0.29, 0.717) is 5.69 Å². The summed E-state index contributed by atoms with van der Waals surface area (Å²) in [4.78, 5) is 12.0. The molecule has 0 unspecified atom stereocenters. The molecule has 0 aliphatic carbocycles. The molecule has 0 fully saturated rings. The predicted molar refractivity (Wildman–Crippen MR) is 81.2 cm³/mol. The lowest BCUT2D eigenvalue weighted by molar-refractivity contribution is 0.0473. The van der Waals surface area contributed by atoms with Gasteiger partial charge in [-0.05, 0) is 24.6 Å². The van der Waals surface area contributed by atoms with Crippen LogP contribution in [0.2, 0.25) is 10.0 Å². The quantitative estimate of drug-likeness (QED) is 0.681. The van der Waals surface area contributed by atoms with E-state index in [2.05, 4.69) is 0 Å². The highest BCUT2D eigenvalue weighted by atomic mass is 35.5. The van der Waals surface area contributed by atoms with E-state index >= 15 is 0 Å². The van der Waals surface area contributed by atoms with Crippen LogP contribution < -0.4 is 5.73 Å². The average molecular weight is 310 g/mol. The van der Waals surface area contributed by atoms with E-state index in [1.165, 1.54) is 12.1 Å². The Morgan fingerprint density at radius 1 is 1.25 bits per heavy atom. The van der Waals surface area contributed by atoms with Crippen LogP contribution in [0.15, 0.2) is 36.4 Å². The SMILES string of the molecule is Cc1cccc(COC(=O)c2cc(N)cc(Cl)c2Cl)c1. The summed E-state index contributed by atoms with van der Waals surface area (Å²) >= 11 is 11.9. The normalized spacial score (nSPS) is 10.3. The number of rotatable bonds is 3. The minimum absolute atomic E-state index is 0.148. The fourth-order valence-electron chi connectivity index (χ4n) is 1.79. The summed E-state index contributed by atoms with van der Waals surface area (Å²) in [6.45, 7) is 2.14. The van der Waals surface area contributed by atoms with Crippen molar-refractivity contribution >= 4 is 34.9 Å². The number of hydrogen-bond acceptors (Lipinski definition) is 3. The summed E-state index contributed by atoms with van der Waals surface area (Å²) < 4.78 is 5.22. The first-order valence-electron chi connectivity index (χ1n) is 5.94. The molecule has 0 saturated carbocycles. The van der Waals surface area contributed by atoms with E-state index in [4.69, 9.17) is 33.7 Å². The summed E-state index contributed by atoms with van der Waals surface area (Å²) in [5.41, 5.74) is 8.18. The third kappa shape index (κ3) is 3.44. The summed E-state index contributed by atoms with van der Waals surface area (Å²) in [5, 5.41) is 0.379. The van der Waals surface area contributed by atoms with Gasteiger partial charge < -0.3 is 10.5 Å². The second kappa shape index (κ2) is 6.16. The van der Waals surface area contributed by atoms with E-state index in [0.717, 1.165) is 11.1 Å². The Morgan fingerprint density at radius 3 is 2.70 bits per heavy atom. The van der Waals surface area contributed by atoms with E-state index in [-0.39, 0.29) is 22.2 Å². The van der Waals surface area contributed by atoms with Gasteiger partial charge in [0.15, 0.2) is 0 Å². The van der Waals surface area contributed by atoms with Crippen molar-refractivity contribution in [3.05, 3.63) is 63.1 Å². The molecule has 0 bridgehead atoms. The van der Waals surface area contributed by atoms with Gasteiger partial charge in [0.1, 0.15) is 6.61 Å². The smallest absolute Gasteiger partial charge is 0.340 e. The molecule has 5 heteroatoms. The number of benzene rings is 2. The molecule has 0 aromatic heterocycles. The van der Waals surface area contributed by atoms with Crippen LogP contribution in [0.4, 0.5) is 5.69 Å². The zero-order valence-corrected chi connectivity index (χ0v) is 12.3. The van der Waals surface area contributed by atoms with Gasteiger partial charge in [-0.2, -0.15) is 0 Å². The molecular weight excluding hydrogens is 297 g/mol. The standard InChI is InChI=1S/C15H13Cl2NO2/c1-9-3-2-4-10(5-9)8-20-15(19)12-6-11(18)7-13(16)14(12)17/h2-7H,8,18H2,1H3. The van der Waals surface area contributed by atoms with Gasteiger partial charge >= 0.3 is 5.97 Å². The molecule has 0 atom stereocenters. The Hall–Kier alpha value is -1.71.